The number of hydrogen-bond donors (Lipinski definition) is 1. The highest BCUT2D eigenvalue weighted by Gasteiger charge is 2.25. The van der Waals surface area contributed by atoms with E-state index in [1.807, 2.05) is 37.3 Å². The van der Waals surface area contributed by atoms with E-state index in [4.69, 9.17) is 11.6 Å². The molecule has 1 amide bonds. The standard InChI is InChI=1S/C18H21ClN2O3S/c1-3-21(25(23,24)17-11-9-16(19)10-12-17)13-18(22)20-14(2)15-7-5-4-6-8-15/h4-12,14H,3,13H2,1-2H3,(H,20,22)/t14-/m0/s1. The van der Waals surface area contributed by atoms with Gasteiger partial charge in [0.25, 0.3) is 0 Å². The SMILES string of the molecule is CCN(CC(=O)N[C@@H](C)c1ccccc1)S(=O)(=O)c1ccc(Cl)cc1. The molecule has 2 rings (SSSR count). The summed E-state index contributed by atoms with van der Waals surface area (Å²) in [5.74, 6) is -0.351. The second-order valence-corrected chi connectivity index (χ2v) is 7.96. The van der Waals surface area contributed by atoms with Crippen LogP contribution in [0.4, 0.5) is 0 Å². The van der Waals surface area contributed by atoms with Crippen molar-refractivity contribution in [2.45, 2.75) is 24.8 Å². The molecule has 25 heavy (non-hydrogen) atoms. The van der Waals surface area contributed by atoms with Gasteiger partial charge in [0.1, 0.15) is 0 Å². The minimum absolute atomic E-state index is 0.114. The molecule has 1 N–H and O–H groups in total. The van der Waals surface area contributed by atoms with Crippen LogP contribution in [0.3, 0.4) is 0 Å². The smallest absolute Gasteiger partial charge is 0.243 e. The third-order valence-corrected chi connectivity index (χ3v) is 5.99. The van der Waals surface area contributed by atoms with E-state index in [9.17, 15) is 13.2 Å². The predicted molar refractivity (Wildman–Crippen MR) is 98.9 cm³/mol. The number of carbonyl (C=O) groups excluding carboxylic acids is 1. The van der Waals surface area contributed by atoms with Crippen molar-refractivity contribution in [1.82, 2.24) is 9.62 Å². The first-order chi connectivity index (χ1) is 11.8. The molecular formula is C18H21ClN2O3S. The van der Waals surface area contributed by atoms with E-state index in [1.54, 1.807) is 6.92 Å². The highest BCUT2D eigenvalue weighted by atomic mass is 35.5. The predicted octanol–water partition coefficient (Wildman–Crippen LogP) is 3.23. The summed E-state index contributed by atoms with van der Waals surface area (Å²) in [7, 11) is -3.75. The van der Waals surface area contributed by atoms with Gasteiger partial charge in [-0.2, -0.15) is 4.31 Å². The lowest BCUT2D eigenvalue weighted by atomic mass is 10.1. The Kier molecular flexibility index (Phi) is 6.58. The number of sulfonamides is 1. The van der Waals surface area contributed by atoms with Gasteiger partial charge < -0.3 is 5.32 Å². The van der Waals surface area contributed by atoms with Gasteiger partial charge in [-0.3, -0.25) is 4.79 Å². The zero-order valence-electron chi connectivity index (χ0n) is 14.1. The van der Waals surface area contributed by atoms with Crippen molar-refractivity contribution in [2.24, 2.45) is 0 Å². The molecule has 0 bridgehead atoms. The van der Waals surface area contributed by atoms with E-state index in [0.717, 1.165) is 9.87 Å². The number of halogens is 1. The number of likely N-dealkylation sites (N-methyl/N-ethyl adjacent to an activating group) is 1. The van der Waals surface area contributed by atoms with E-state index in [0.29, 0.717) is 5.02 Å². The summed E-state index contributed by atoms with van der Waals surface area (Å²) in [5.41, 5.74) is 0.958. The Bertz CT molecular complexity index is 808. The molecule has 0 unspecified atom stereocenters. The third-order valence-electron chi connectivity index (χ3n) is 3.80. The van der Waals surface area contributed by atoms with Gasteiger partial charge in [-0.05, 0) is 36.8 Å². The fraction of sp³-hybridized carbons (Fsp3) is 0.278. The first kappa shape index (κ1) is 19.4. The van der Waals surface area contributed by atoms with Gasteiger partial charge in [-0.25, -0.2) is 8.42 Å². The molecule has 0 heterocycles. The maximum atomic E-state index is 12.7. The van der Waals surface area contributed by atoms with Crippen LogP contribution in [0.2, 0.25) is 5.02 Å². The summed E-state index contributed by atoms with van der Waals surface area (Å²) in [4.78, 5) is 12.4. The van der Waals surface area contributed by atoms with Crippen molar-refractivity contribution in [2.75, 3.05) is 13.1 Å². The molecule has 2 aromatic rings. The van der Waals surface area contributed by atoms with Gasteiger partial charge in [-0.1, -0.05) is 48.9 Å². The molecule has 0 saturated carbocycles. The quantitative estimate of drug-likeness (QED) is 0.801. The lowest BCUT2D eigenvalue weighted by Crippen LogP contribution is -2.41. The first-order valence-corrected chi connectivity index (χ1v) is 9.76. The third kappa shape index (κ3) is 5.04. The van der Waals surface area contributed by atoms with Crippen molar-refractivity contribution in [1.29, 1.82) is 0 Å². The second kappa shape index (κ2) is 8.47. The van der Waals surface area contributed by atoms with E-state index in [-0.39, 0.29) is 29.9 Å². The number of carbonyl (C=O) groups is 1. The van der Waals surface area contributed by atoms with E-state index >= 15 is 0 Å². The Hall–Kier alpha value is -1.89. The van der Waals surface area contributed by atoms with Gasteiger partial charge in [-0.15, -0.1) is 0 Å². The zero-order valence-corrected chi connectivity index (χ0v) is 15.7. The molecule has 0 spiro atoms. The Balaban J connectivity index is 2.08. The van der Waals surface area contributed by atoms with Crippen LogP contribution in [0.1, 0.15) is 25.5 Å². The zero-order chi connectivity index (χ0) is 18.4. The lowest BCUT2D eigenvalue weighted by Gasteiger charge is -2.21. The van der Waals surface area contributed by atoms with Crippen LogP contribution in [0.15, 0.2) is 59.5 Å². The second-order valence-electron chi connectivity index (χ2n) is 5.59. The fourth-order valence-corrected chi connectivity index (χ4v) is 3.93. The molecular weight excluding hydrogens is 360 g/mol. The van der Waals surface area contributed by atoms with Crippen molar-refractivity contribution < 1.29 is 13.2 Å². The van der Waals surface area contributed by atoms with Crippen molar-refractivity contribution in [3.05, 3.63) is 65.2 Å². The minimum Gasteiger partial charge on any atom is -0.348 e. The number of hydrogen-bond acceptors (Lipinski definition) is 3. The van der Waals surface area contributed by atoms with Gasteiger partial charge in [0.15, 0.2) is 0 Å². The molecule has 0 saturated heterocycles. The fourth-order valence-electron chi connectivity index (χ4n) is 2.39. The topological polar surface area (TPSA) is 66.5 Å². The molecule has 0 fully saturated rings. The maximum absolute atomic E-state index is 12.7. The summed E-state index contributed by atoms with van der Waals surface area (Å²) in [5, 5.41) is 3.28. The van der Waals surface area contributed by atoms with Crippen LogP contribution in [-0.4, -0.2) is 31.7 Å². The minimum atomic E-state index is -3.75. The molecule has 0 aliphatic rings. The average molecular weight is 381 g/mol. The van der Waals surface area contributed by atoms with Crippen molar-refractivity contribution in [3.63, 3.8) is 0 Å². The Morgan fingerprint density at radius 3 is 2.28 bits per heavy atom. The van der Waals surface area contributed by atoms with Crippen LogP contribution in [-0.2, 0) is 14.8 Å². The van der Waals surface area contributed by atoms with E-state index in [1.165, 1.54) is 24.3 Å². The number of nitrogens with one attached hydrogen (secondary N) is 1. The van der Waals surface area contributed by atoms with E-state index in [2.05, 4.69) is 5.32 Å². The van der Waals surface area contributed by atoms with Crippen molar-refractivity contribution >= 4 is 27.5 Å². The van der Waals surface area contributed by atoms with Crippen molar-refractivity contribution in [3.8, 4) is 0 Å². The summed E-state index contributed by atoms with van der Waals surface area (Å²) in [6, 6.07) is 15.2. The number of benzene rings is 2. The number of nitrogens with zero attached hydrogens (tertiary/aromatic N) is 1. The molecule has 0 radical (unpaired) electrons. The van der Waals surface area contributed by atoms with Gasteiger partial charge in [0.05, 0.1) is 17.5 Å². The summed E-state index contributed by atoms with van der Waals surface area (Å²) in [6.07, 6.45) is 0. The van der Waals surface area contributed by atoms with E-state index < -0.39 is 10.0 Å². The molecule has 134 valence electrons. The normalized spacial score (nSPS) is 12.8. The van der Waals surface area contributed by atoms with Gasteiger partial charge in [0, 0.05) is 11.6 Å². The average Bonchev–Trinajstić information content (AvgIpc) is 2.60. The first-order valence-electron chi connectivity index (χ1n) is 7.94. The number of amides is 1. The van der Waals surface area contributed by atoms with Gasteiger partial charge >= 0.3 is 0 Å². The molecule has 2 aromatic carbocycles. The summed E-state index contributed by atoms with van der Waals surface area (Å²) in [6.45, 7) is 3.51. The monoisotopic (exact) mass is 380 g/mol. The van der Waals surface area contributed by atoms with Crippen LogP contribution in [0, 0.1) is 0 Å². The Morgan fingerprint density at radius 2 is 1.72 bits per heavy atom. The highest BCUT2D eigenvalue weighted by Crippen LogP contribution is 2.18. The summed E-state index contributed by atoms with van der Waals surface area (Å²) < 4.78 is 26.5. The number of rotatable bonds is 7. The lowest BCUT2D eigenvalue weighted by molar-refractivity contribution is -0.121. The van der Waals surface area contributed by atoms with Crippen LogP contribution >= 0.6 is 11.6 Å². The molecule has 0 aliphatic heterocycles. The van der Waals surface area contributed by atoms with Gasteiger partial charge in [0.2, 0.25) is 15.9 Å². The summed E-state index contributed by atoms with van der Waals surface area (Å²) >= 11 is 5.80. The Morgan fingerprint density at radius 1 is 1.12 bits per heavy atom. The van der Waals surface area contributed by atoms with Crippen LogP contribution in [0.25, 0.3) is 0 Å². The molecule has 5 nitrogen and oxygen atoms in total. The van der Waals surface area contributed by atoms with Crippen LogP contribution in [0.5, 0.6) is 0 Å². The maximum Gasteiger partial charge on any atom is 0.243 e. The highest BCUT2D eigenvalue weighted by molar-refractivity contribution is 7.89. The Labute approximate surface area is 153 Å². The van der Waals surface area contributed by atoms with Crippen LogP contribution < -0.4 is 5.32 Å². The molecule has 7 heteroatoms. The molecule has 1 atom stereocenters. The molecule has 0 aromatic heterocycles. The molecule has 0 aliphatic carbocycles. The largest absolute Gasteiger partial charge is 0.348 e.